The molecule has 1 amide bonds. The fourth-order valence-electron chi connectivity index (χ4n) is 2.74. The van der Waals surface area contributed by atoms with Gasteiger partial charge >= 0.3 is 0 Å². The van der Waals surface area contributed by atoms with Gasteiger partial charge in [0.15, 0.2) is 0 Å². The zero-order valence-corrected chi connectivity index (χ0v) is 14.8. The van der Waals surface area contributed by atoms with Crippen LogP contribution in [0.15, 0.2) is 47.0 Å². The van der Waals surface area contributed by atoms with Gasteiger partial charge in [0.2, 0.25) is 17.6 Å². The Labute approximate surface area is 151 Å². The molecule has 1 N–H and O–H groups in total. The zero-order chi connectivity index (χ0) is 18.5. The number of aromatic nitrogens is 2. The number of anilines is 1. The second-order valence-corrected chi connectivity index (χ2v) is 6.30. The normalized spacial score (nSPS) is 10.7. The summed E-state index contributed by atoms with van der Waals surface area (Å²) in [6, 6.07) is 11.8. The molecule has 134 valence electrons. The molecule has 1 aromatic heterocycles. The molecule has 1 heterocycles. The molecule has 0 atom stereocenters. The molecule has 0 saturated carbocycles. The molecule has 3 rings (SSSR count). The lowest BCUT2D eigenvalue weighted by molar-refractivity contribution is -0.116. The average Bonchev–Trinajstić information content (AvgIpc) is 3.03. The number of hydrogen-bond acceptors (Lipinski definition) is 4. The molecule has 0 bridgehead atoms. The number of carbonyl (C=O) groups is 1. The lowest BCUT2D eigenvalue weighted by Gasteiger charge is -2.07. The summed E-state index contributed by atoms with van der Waals surface area (Å²) < 4.78 is 18.1. The van der Waals surface area contributed by atoms with Gasteiger partial charge in [-0.15, -0.1) is 0 Å². The van der Waals surface area contributed by atoms with Crippen molar-refractivity contribution in [3.63, 3.8) is 0 Å². The molecule has 0 aliphatic rings. The van der Waals surface area contributed by atoms with Gasteiger partial charge in [0, 0.05) is 24.1 Å². The van der Waals surface area contributed by atoms with Crippen LogP contribution in [0.4, 0.5) is 10.1 Å². The summed E-state index contributed by atoms with van der Waals surface area (Å²) >= 11 is 0. The minimum atomic E-state index is -0.313. The number of halogens is 1. The van der Waals surface area contributed by atoms with Gasteiger partial charge in [-0.1, -0.05) is 11.2 Å². The first-order chi connectivity index (χ1) is 12.5. The lowest BCUT2D eigenvalue weighted by atomic mass is 10.1. The molecule has 0 unspecified atom stereocenters. The first-order valence-electron chi connectivity index (χ1n) is 8.46. The Hall–Kier alpha value is -3.02. The van der Waals surface area contributed by atoms with Gasteiger partial charge in [-0.25, -0.2) is 4.39 Å². The van der Waals surface area contributed by atoms with E-state index in [1.807, 2.05) is 26.0 Å². The van der Waals surface area contributed by atoms with Crippen LogP contribution < -0.4 is 5.32 Å². The van der Waals surface area contributed by atoms with Crippen LogP contribution in [0.5, 0.6) is 0 Å². The van der Waals surface area contributed by atoms with Crippen molar-refractivity contribution in [3.8, 4) is 11.4 Å². The lowest BCUT2D eigenvalue weighted by Crippen LogP contribution is -2.11. The average molecular weight is 353 g/mol. The van der Waals surface area contributed by atoms with Crippen molar-refractivity contribution >= 4 is 11.6 Å². The number of aryl methyl sites for hydroxylation is 3. The summed E-state index contributed by atoms with van der Waals surface area (Å²) in [4.78, 5) is 16.4. The highest BCUT2D eigenvalue weighted by Crippen LogP contribution is 2.17. The van der Waals surface area contributed by atoms with Gasteiger partial charge in [-0.3, -0.25) is 4.79 Å². The molecule has 0 saturated heterocycles. The predicted molar refractivity (Wildman–Crippen MR) is 97.2 cm³/mol. The van der Waals surface area contributed by atoms with Crippen LogP contribution in [0.25, 0.3) is 11.4 Å². The van der Waals surface area contributed by atoms with E-state index in [-0.39, 0.29) is 11.7 Å². The maximum Gasteiger partial charge on any atom is 0.226 e. The Bertz CT molecular complexity index is 883. The fraction of sp³-hybridized carbons (Fsp3) is 0.250. The molecule has 0 fully saturated rings. The van der Waals surface area contributed by atoms with Crippen LogP contribution in [0, 0.1) is 19.7 Å². The third-order valence-corrected chi connectivity index (χ3v) is 3.87. The Morgan fingerprint density at radius 3 is 2.50 bits per heavy atom. The predicted octanol–water partition coefficient (Wildman–Crippen LogP) is 4.45. The van der Waals surface area contributed by atoms with Crippen molar-refractivity contribution in [2.45, 2.75) is 33.1 Å². The van der Waals surface area contributed by atoms with E-state index >= 15 is 0 Å². The van der Waals surface area contributed by atoms with Crippen LogP contribution >= 0.6 is 0 Å². The largest absolute Gasteiger partial charge is 0.339 e. The second kappa shape index (κ2) is 7.91. The number of carbonyl (C=O) groups excluding carboxylic acids is 1. The zero-order valence-electron chi connectivity index (χ0n) is 14.8. The van der Waals surface area contributed by atoms with Crippen molar-refractivity contribution < 1.29 is 13.7 Å². The molecule has 2 aromatic carbocycles. The van der Waals surface area contributed by atoms with Crippen LogP contribution in [-0.2, 0) is 11.2 Å². The molecule has 5 nitrogen and oxygen atoms in total. The maximum atomic E-state index is 12.9. The van der Waals surface area contributed by atoms with Gasteiger partial charge in [-0.05, 0) is 67.8 Å². The van der Waals surface area contributed by atoms with Gasteiger partial charge in [0.1, 0.15) is 5.82 Å². The molecule has 6 heteroatoms. The standard InChI is InChI=1S/C20H20FN3O2/c1-13-10-14(2)12-17(11-13)22-18(25)4-3-5-19-23-20(24-26-19)15-6-8-16(21)9-7-15/h6-12H,3-5H2,1-2H3,(H,22,25). The molecule has 0 aliphatic heterocycles. The summed E-state index contributed by atoms with van der Waals surface area (Å²) in [5.74, 6) is 0.517. The Morgan fingerprint density at radius 2 is 1.81 bits per heavy atom. The van der Waals surface area contributed by atoms with Crippen LogP contribution in [0.1, 0.15) is 29.9 Å². The minimum Gasteiger partial charge on any atom is -0.339 e. The van der Waals surface area contributed by atoms with Crippen LogP contribution in [-0.4, -0.2) is 16.0 Å². The summed E-state index contributed by atoms with van der Waals surface area (Å²) in [6.45, 7) is 3.99. The Balaban J connectivity index is 1.50. The fourth-order valence-corrected chi connectivity index (χ4v) is 2.74. The van der Waals surface area contributed by atoms with Crippen LogP contribution in [0.3, 0.4) is 0 Å². The summed E-state index contributed by atoms with van der Waals surface area (Å²) in [7, 11) is 0. The van der Waals surface area contributed by atoms with Crippen molar-refractivity contribution in [3.05, 3.63) is 65.3 Å². The first kappa shape index (κ1) is 17.8. The van der Waals surface area contributed by atoms with E-state index in [4.69, 9.17) is 4.52 Å². The van der Waals surface area contributed by atoms with Crippen molar-refractivity contribution in [2.75, 3.05) is 5.32 Å². The van der Waals surface area contributed by atoms with Gasteiger partial charge in [-0.2, -0.15) is 4.98 Å². The highest BCUT2D eigenvalue weighted by Gasteiger charge is 2.10. The molecule has 0 aliphatic carbocycles. The third-order valence-electron chi connectivity index (χ3n) is 3.87. The topological polar surface area (TPSA) is 68.0 Å². The molecule has 0 spiro atoms. The summed E-state index contributed by atoms with van der Waals surface area (Å²) in [5.41, 5.74) is 3.72. The van der Waals surface area contributed by atoms with E-state index in [1.54, 1.807) is 12.1 Å². The number of hydrogen-bond donors (Lipinski definition) is 1. The summed E-state index contributed by atoms with van der Waals surface area (Å²) in [5, 5.41) is 6.80. The van der Waals surface area contributed by atoms with E-state index in [1.165, 1.54) is 12.1 Å². The first-order valence-corrected chi connectivity index (χ1v) is 8.46. The summed E-state index contributed by atoms with van der Waals surface area (Å²) in [6.07, 6.45) is 1.47. The Morgan fingerprint density at radius 1 is 1.12 bits per heavy atom. The van der Waals surface area contributed by atoms with Gasteiger partial charge in [0.25, 0.3) is 0 Å². The SMILES string of the molecule is Cc1cc(C)cc(NC(=O)CCCc2nc(-c3ccc(F)cc3)no2)c1. The number of nitrogens with one attached hydrogen (secondary N) is 1. The number of rotatable bonds is 6. The molecule has 0 radical (unpaired) electrons. The molecule has 26 heavy (non-hydrogen) atoms. The van der Waals surface area contributed by atoms with Crippen molar-refractivity contribution in [2.24, 2.45) is 0 Å². The quantitative estimate of drug-likeness (QED) is 0.711. The van der Waals surface area contributed by atoms with E-state index in [9.17, 15) is 9.18 Å². The third kappa shape index (κ3) is 4.75. The van der Waals surface area contributed by atoms with Crippen molar-refractivity contribution in [1.82, 2.24) is 10.1 Å². The maximum absolute atomic E-state index is 12.9. The smallest absolute Gasteiger partial charge is 0.226 e. The van der Waals surface area contributed by atoms with Gasteiger partial charge < -0.3 is 9.84 Å². The molecular formula is C20H20FN3O2. The molecule has 3 aromatic rings. The molecular weight excluding hydrogens is 333 g/mol. The van der Waals surface area contributed by atoms with Crippen molar-refractivity contribution in [1.29, 1.82) is 0 Å². The number of nitrogens with zero attached hydrogens (tertiary/aromatic N) is 2. The van der Waals surface area contributed by atoms with Gasteiger partial charge in [0.05, 0.1) is 0 Å². The van der Waals surface area contributed by atoms with Crippen LogP contribution in [0.2, 0.25) is 0 Å². The Kier molecular flexibility index (Phi) is 5.41. The minimum absolute atomic E-state index is 0.0479. The monoisotopic (exact) mass is 353 g/mol. The van der Waals surface area contributed by atoms with E-state index < -0.39 is 0 Å². The highest BCUT2D eigenvalue weighted by molar-refractivity contribution is 5.90. The number of benzene rings is 2. The second-order valence-electron chi connectivity index (χ2n) is 6.30. The number of amides is 1. The van der Waals surface area contributed by atoms with E-state index in [0.717, 1.165) is 16.8 Å². The van der Waals surface area contributed by atoms with E-state index in [2.05, 4.69) is 21.5 Å². The van der Waals surface area contributed by atoms with E-state index in [0.29, 0.717) is 36.5 Å². The highest BCUT2D eigenvalue weighted by atomic mass is 19.1.